The number of carbonyl (C=O) groups excluding carboxylic acids is 2. The molecule has 7 nitrogen and oxygen atoms in total. The van der Waals surface area contributed by atoms with Crippen molar-refractivity contribution in [3.05, 3.63) is 59.3 Å². The number of hydrogen-bond donors (Lipinski definition) is 2. The second-order valence-electron chi connectivity index (χ2n) is 10.0. The van der Waals surface area contributed by atoms with Crippen LogP contribution in [0.3, 0.4) is 0 Å². The minimum Gasteiger partial charge on any atom is -0.349 e. The molecule has 174 valence electrons. The van der Waals surface area contributed by atoms with Gasteiger partial charge in [-0.05, 0) is 84.9 Å². The normalized spacial score (nSPS) is 15.5. The number of anilines is 1. The number of aryl methyl sites for hydroxylation is 1. The summed E-state index contributed by atoms with van der Waals surface area (Å²) >= 11 is 0. The Bertz CT molecular complexity index is 1170. The summed E-state index contributed by atoms with van der Waals surface area (Å²) < 4.78 is 2.01. The monoisotopic (exact) mass is 447 g/mol. The van der Waals surface area contributed by atoms with Gasteiger partial charge in [0.2, 0.25) is 0 Å². The van der Waals surface area contributed by atoms with Gasteiger partial charge in [0.1, 0.15) is 11.5 Å². The van der Waals surface area contributed by atoms with E-state index in [1.165, 1.54) is 0 Å². The molecule has 7 heteroatoms. The molecule has 0 aliphatic carbocycles. The van der Waals surface area contributed by atoms with Crippen molar-refractivity contribution in [3.63, 3.8) is 0 Å². The van der Waals surface area contributed by atoms with Gasteiger partial charge in [-0.2, -0.15) is 0 Å². The average Bonchev–Trinajstić information content (AvgIpc) is 3.15. The Morgan fingerprint density at radius 3 is 2.30 bits per heavy atom. The first-order valence-electron chi connectivity index (χ1n) is 11.5. The Hall–Kier alpha value is -3.19. The van der Waals surface area contributed by atoms with Crippen molar-refractivity contribution < 1.29 is 9.59 Å². The molecule has 0 saturated carbocycles. The first-order valence-corrected chi connectivity index (χ1v) is 11.5. The Labute approximate surface area is 195 Å². The fourth-order valence-electron chi connectivity index (χ4n) is 4.17. The van der Waals surface area contributed by atoms with E-state index >= 15 is 0 Å². The van der Waals surface area contributed by atoms with Gasteiger partial charge in [0.05, 0.1) is 5.56 Å². The van der Waals surface area contributed by atoms with Crippen molar-refractivity contribution in [2.24, 2.45) is 0 Å². The Morgan fingerprint density at radius 1 is 1.00 bits per heavy atom. The molecule has 1 aliphatic heterocycles. The maximum atomic E-state index is 13.2. The van der Waals surface area contributed by atoms with Crippen molar-refractivity contribution in [2.45, 2.75) is 52.1 Å². The molecule has 0 unspecified atom stereocenters. The van der Waals surface area contributed by atoms with Crippen LogP contribution in [0, 0.1) is 6.92 Å². The van der Waals surface area contributed by atoms with Crippen LogP contribution in [0.5, 0.6) is 0 Å². The quantitative estimate of drug-likeness (QED) is 0.629. The molecule has 1 aromatic carbocycles. The molecule has 2 aromatic heterocycles. The highest BCUT2D eigenvalue weighted by atomic mass is 16.2. The van der Waals surface area contributed by atoms with Gasteiger partial charge in [-0.25, -0.2) is 4.98 Å². The minimum absolute atomic E-state index is 0.0733. The molecular formula is C26H33N5O2. The van der Waals surface area contributed by atoms with Crippen LogP contribution < -0.4 is 10.6 Å². The average molecular weight is 448 g/mol. The van der Waals surface area contributed by atoms with E-state index in [0.29, 0.717) is 22.6 Å². The van der Waals surface area contributed by atoms with Crippen molar-refractivity contribution in [1.29, 1.82) is 0 Å². The first kappa shape index (κ1) is 23.0. The number of rotatable bonds is 4. The number of amides is 2. The summed E-state index contributed by atoms with van der Waals surface area (Å²) in [5, 5.41) is 6.88. The van der Waals surface area contributed by atoms with Gasteiger partial charge in [-0.3, -0.25) is 9.59 Å². The molecule has 3 aromatic rings. The number of nitrogens with one attached hydrogen (secondary N) is 2. The van der Waals surface area contributed by atoms with E-state index in [9.17, 15) is 9.59 Å². The van der Waals surface area contributed by atoms with Gasteiger partial charge in [0, 0.05) is 28.7 Å². The third-order valence-electron chi connectivity index (χ3n) is 6.23. The highest BCUT2D eigenvalue weighted by Gasteiger charge is 2.25. The molecule has 1 saturated heterocycles. The Balaban J connectivity index is 1.62. The molecular weight excluding hydrogens is 414 g/mol. The highest BCUT2D eigenvalue weighted by molar-refractivity contribution is 6.08. The van der Waals surface area contributed by atoms with Crippen molar-refractivity contribution in [1.82, 2.24) is 19.8 Å². The second-order valence-corrected chi connectivity index (χ2v) is 10.0. The highest BCUT2D eigenvalue weighted by Crippen LogP contribution is 2.28. The van der Waals surface area contributed by atoms with Crippen LogP contribution in [0.15, 0.2) is 42.6 Å². The number of fused-ring (bicyclic) bond motifs is 1. The molecule has 4 rings (SSSR count). The third kappa shape index (κ3) is 5.09. The summed E-state index contributed by atoms with van der Waals surface area (Å²) in [6, 6.07) is 11.2. The number of pyridine rings is 1. The molecule has 0 radical (unpaired) electrons. The van der Waals surface area contributed by atoms with Gasteiger partial charge < -0.3 is 20.1 Å². The van der Waals surface area contributed by atoms with Crippen LogP contribution in [-0.2, 0) is 5.54 Å². The zero-order chi connectivity index (χ0) is 23.8. The van der Waals surface area contributed by atoms with E-state index in [1.54, 1.807) is 18.2 Å². The van der Waals surface area contributed by atoms with Crippen molar-refractivity contribution in [3.8, 4) is 0 Å². The van der Waals surface area contributed by atoms with Gasteiger partial charge in [-0.1, -0.05) is 17.7 Å². The molecule has 0 spiro atoms. The molecule has 1 aliphatic rings. The topological polar surface area (TPSA) is 79.3 Å². The molecule has 33 heavy (non-hydrogen) atoms. The maximum absolute atomic E-state index is 13.2. The molecule has 3 heterocycles. The summed E-state index contributed by atoms with van der Waals surface area (Å²) in [7, 11) is 2.11. The molecule has 0 atom stereocenters. The molecule has 2 N–H and O–H groups in total. The SMILES string of the molecule is Cc1ccc(C(=O)Nc2ccc3c(C(=O)NC4CCN(C)CC4)cn(C(C)(C)C)c3n2)cc1. The van der Waals surface area contributed by atoms with Crippen molar-refractivity contribution in [2.75, 3.05) is 25.5 Å². The first-order chi connectivity index (χ1) is 15.6. The maximum Gasteiger partial charge on any atom is 0.256 e. The Kier molecular flexibility index (Phi) is 6.26. The minimum atomic E-state index is -0.281. The molecule has 2 amide bonds. The summed E-state index contributed by atoms with van der Waals surface area (Å²) in [6.45, 7) is 10.2. The number of carbonyl (C=O) groups is 2. The second kappa shape index (κ2) is 8.98. The van der Waals surface area contributed by atoms with E-state index in [1.807, 2.05) is 35.9 Å². The van der Waals surface area contributed by atoms with E-state index in [2.05, 4.69) is 43.4 Å². The predicted molar refractivity (Wildman–Crippen MR) is 132 cm³/mol. The lowest BCUT2D eigenvalue weighted by Crippen LogP contribution is -2.43. The lowest BCUT2D eigenvalue weighted by Gasteiger charge is -2.29. The van der Waals surface area contributed by atoms with Gasteiger partial charge in [-0.15, -0.1) is 0 Å². The summed E-state index contributed by atoms with van der Waals surface area (Å²) in [6.07, 6.45) is 3.79. The number of hydrogen-bond acceptors (Lipinski definition) is 4. The van der Waals surface area contributed by atoms with E-state index in [-0.39, 0.29) is 23.4 Å². The van der Waals surface area contributed by atoms with Crippen molar-refractivity contribution >= 4 is 28.7 Å². The molecule has 1 fully saturated rings. The summed E-state index contributed by atoms with van der Waals surface area (Å²) in [5.41, 5.74) is 2.68. The third-order valence-corrected chi connectivity index (χ3v) is 6.23. The van der Waals surface area contributed by atoms with Crippen LogP contribution in [-0.4, -0.2) is 52.4 Å². The van der Waals surface area contributed by atoms with Gasteiger partial charge in [0.25, 0.3) is 11.8 Å². The summed E-state index contributed by atoms with van der Waals surface area (Å²) in [5.74, 6) is 0.172. The number of piperidine rings is 1. The largest absolute Gasteiger partial charge is 0.349 e. The van der Waals surface area contributed by atoms with E-state index in [0.717, 1.165) is 36.9 Å². The van der Waals surface area contributed by atoms with Crippen LogP contribution >= 0.6 is 0 Å². The number of benzene rings is 1. The molecule has 0 bridgehead atoms. The van der Waals surface area contributed by atoms with Crippen LogP contribution in [0.25, 0.3) is 11.0 Å². The van der Waals surface area contributed by atoms with E-state index < -0.39 is 0 Å². The number of aromatic nitrogens is 2. The number of nitrogens with zero attached hydrogens (tertiary/aromatic N) is 3. The summed E-state index contributed by atoms with van der Waals surface area (Å²) in [4.78, 5) is 32.9. The predicted octanol–water partition coefficient (Wildman–Crippen LogP) is 4.18. The van der Waals surface area contributed by atoms with Crippen LogP contribution in [0.1, 0.15) is 59.9 Å². The zero-order valence-corrected chi connectivity index (χ0v) is 20.1. The van der Waals surface area contributed by atoms with Crippen LogP contribution in [0.2, 0.25) is 0 Å². The lowest BCUT2D eigenvalue weighted by molar-refractivity contribution is 0.0917. The van der Waals surface area contributed by atoms with Gasteiger partial charge >= 0.3 is 0 Å². The lowest BCUT2D eigenvalue weighted by atomic mass is 10.0. The number of likely N-dealkylation sites (tertiary alicyclic amines) is 1. The fourth-order valence-corrected chi connectivity index (χ4v) is 4.17. The zero-order valence-electron chi connectivity index (χ0n) is 20.1. The standard InChI is InChI=1S/C26H33N5O2/c1-17-6-8-18(9-7-17)24(32)29-22-11-10-20-21(16-31(23(20)28-22)26(2,3)4)25(33)27-19-12-14-30(5)15-13-19/h6-11,16,19H,12-15H2,1-5H3,(H,27,33)(H,28,29,32). The van der Waals surface area contributed by atoms with Crippen LogP contribution in [0.4, 0.5) is 5.82 Å². The smallest absolute Gasteiger partial charge is 0.256 e. The van der Waals surface area contributed by atoms with E-state index in [4.69, 9.17) is 4.98 Å². The van der Waals surface area contributed by atoms with Gasteiger partial charge in [0.15, 0.2) is 0 Å². The Morgan fingerprint density at radius 2 is 1.67 bits per heavy atom. The fraction of sp³-hybridized carbons (Fsp3) is 0.423.